The number of aromatic nitrogens is 1. The molecule has 1 aromatic rings. The third kappa shape index (κ3) is 2.62. The molecule has 5 nitrogen and oxygen atoms in total. The Bertz CT molecular complexity index is 395. The van der Waals surface area contributed by atoms with Gasteiger partial charge in [0.05, 0.1) is 25.4 Å². The van der Waals surface area contributed by atoms with Crippen LogP contribution in [0.3, 0.4) is 0 Å². The van der Waals surface area contributed by atoms with E-state index in [1.807, 2.05) is 6.20 Å². The van der Waals surface area contributed by atoms with E-state index < -0.39 is 0 Å². The molecule has 0 saturated carbocycles. The highest BCUT2D eigenvalue weighted by atomic mass is 35.5. The minimum Gasteiger partial charge on any atom is -0.379 e. The maximum Gasteiger partial charge on any atom is 0.180 e. The summed E-state index contributed by atoms with van der Waals surface area (Å²) in [6.07, 6.45) is 2.93. The monoisotopic (exact) mass is 291 g/mol. The van der Waals surface area contributed by atoms with Gasteiger partial charge in [-0.25, -0.2) is 4.98 Å². The van der Waals surface area contributed by atoms with Crippen molar-refractivity contribution in [1.29, 1.82) is 0 Å². The Morgan fingerprint density at radius 3 is 2.83 bits per heavy atom. The molecule has 2 fully saturated rings. The number of hydrogen-bond donors (Lipinski definition) is 1. The van der Waals surface area contributed by atoms with Crippen LogP contribution in [0, 0.1) is 0 Å². The number of anilines is 1. The SMILES string of the molecule is Cl.Nc1ncc(CN2CCOCC23CCOC3)s1. The van der Waals surface area contributed by atoms with E-state index in [0.717, 1.165) is 45.9 Å². The van der Waals surface area contributed by atoms with E-state index in [-0.39, 0.29) is 17.9 Å². The predicted octanol–water partition coefficient (Wildman–Crippen LogP) is 1.14. The molecule has 0 aromatic carbocycles. The van der Waals surface area contributed by atoms with Crippen molar-refractivity contribution in [2.24, 2.45) is 0 Å². The average Bonchev–Trinajstić information content (AvgIpc) is 2.93. The molecule has 3 heterocycles. The fraction of sp³-hybridized carbons (Fsp3) is 0.727. The number of halogens is 1. The lowest BCUT2D eigenvalue weighted by atomic mass is 9.96. The van der Waals surface area contributed by atoms with E-state index in [1.165, 1.54) is 4.88 Å². The van der Waals surface area contributed by atoms with Gasteiger partial charge < -0.3 is 15.2 Å². The summed E-state index contributed by atoms with van der Waals surface area (Å²) in [7, 11) is 0. The van der Waals surface area contributed by atoms with Crippen LogP contribution in [-0.2, 0) is 16.0 Å². The second-order valence-corrected chi connectivity index (χ2v) is 5.81. The van der Waals surface area contributed by atoms with Crippen molar-refractivity contribution >= 4 is 28.9 Å². The summed E-state index contributed by atoms with van der Waals surface area (Å²) in [6, 6.07) is 0. The molecule has 0 bridgehead atoms. The van der Waals surface area contributed by atoms with Crippen LogP contribution in [-0.4, -0.2) is 48.4 Å². The number of thiazole rings is 1. The van der Waals surface area contributed by atoms with Gasteiger partial charge in [-0.2, -0.15) is 0 Å². The maximum atomic E-state index is 5.67. The molecule has 1 aromatic heterocycles. The number of nitrogens with two attached hydrogens (primary N) is 1. The lowest BCUT2D eigenvalue weighted by Gasteiger charge is -2.43. The quantitative estimate of drug-likeness (QED) is 0.885. The van der Waals surface area contributed by atoms with Gasteiger partial charge in [0.25, 0.3) is 0 Å². The second kappa shape index (κ2) is 5.71. The Kier molecular flexibility index (Phi) is 4.45. The highest BCUT2D eigenvalue weighted by molar-refractivity contribution is 7.15. The third-order valence-electron chi connectivity index (χ3n) is 3.55. The first kappa shape index (κ1) is 14.0. The normalized spacial score (nSPS) is 28.4. The van der Waals surface area contributed by atoms with Gasteiger partial charge in [0.2, 0.25) is 0 Å². The van der Waals surface area contributed by atoms with Crippen molar-refractivity contribution in [2.45, 2.75) is 18.5 Å². The number of nitrogens with zero attached hydrogens (tertiary/aromatic N) is 2. The molecule has 18 heavy (non-hydrogen) atoms. The third-order valence-corrected chi connectivity index (χ3v) is 4.36. The summed E-state index contributed by atoms with van der Waals surface area (Å²) >= 11 is 1.57. The van der Waals surface area contributed by atoms with Crippen molar-refractivity contribution in [2.75, 3.05) is 38.7 Å². The largest absolute Gasteiger partial charge is 0.379 e. The van der Waals surface area contributed by atoms with E-state index in [2.05, 4.69) is 9.88 Å². The summed E-state index contributed by atoms with van der Waals surface area (Å²) in [5.74, 6) is 0. The zero-order valence-corrected chi connectivity index (χ0v) is 11.8. The molecule has 0 aliphatic carbocycles. The van der Waals surface area contributed by atoms with Crippen LogP contribution in [0.5, 0.6) is 0 Å². The smallest absolute Gasteiger partial charge is 0.180 e. The van der Waals surface area contributed by atoms with Gasteiger partial charge in [0, 0.05) is 30.8 Å². The van der Waals surface area contributed by atoms with Crippen molar-refractivity contribution in [3.63, 3.8) is 0 Å². The number of ether oxygens (including phenoxy) is 2. The molecule has 2 aliphatic rings. The van der Waals surface area contributed by atoms with E-state index in [4.69, 9.17) is 15.2 Å². The molecule has 1 atom stereocenters. The van der Waals surface area contributed by atoms with Gasteiger partial charge in [-0.3, -0.25) is 4.90 Å². The number of nitrogen functional groups attached to an aromatic ring is 1. The summed E-state index contributed by atoms with van der Waals surface area (Å²) < 4.78 is 11.2. The number of morpholine rings is 1. The van der Waals surface area contributed by atoms with Crippen LogP contribution in [0.2, 0.25) is 0 Å². The van der Waals surface area contributed by atoms with Crippen LogP contribution >= 0.6 is 23.7 Å². The molecule has 2 saturated heterocycles. The lowest BCUT2D eigenvalue weighted by molar-refractivity contribution is -0.0745. The summed E-state index contributed by atoms with van der Waals surface area (Å²) in [5, 5.41) is 0.644. The molecule has 0 amide bonds. The minimum absolute atomic E-state index is 0. The Labute approximate surface area is 117 Å². The van der Waals surface area contributed by atoms with Crippen molar-refractivity contribution in [3.05, 3.63) is 11.1 Å². The molecule has 7 heteroatoms. The molecule has 2 aliphatic heterocycles. The topological polar surface area (TPSA) is 60.6 Å². The highest BCUT2D eigenvalue weighted by Crippen LogP contribution is 2.31. The van der Waals surface area contributed by atoms with E-state index in [0.29, 0.717) is 5.13 Å². The van der Waals surface area contributed by atoms with E-state index in [9.17, 15) is 0 Å². The van der Waals surface area contributed by atoms with Crippen LogP contribution in [0.15, 0.2) is 6.20 Å². The maximum absolute atomic E-state index is 5.67. The molecule has 3 rings (SSSR count). The summed E-state index contributed by atoms with van der Waals surface area (Å²) in [5.41, 5.74) is 5.75. The average molecular weight is 292 g/mol. The van der Waals surface area contributed by atoms with Gasteiger partial charge in [-0.15, -0.1) is 23.7 Å². The number of rotatable bonds is 2. The Morgan fingerprint density at radius 2 is 2.17 bits per heavy atom. The van der Waals surface area contributed by atoms with Crippen LogP contribution in [0.1, 0.15) is 11.3 Å². The van der Waals surface area contributed by atoms with Gasteiger partial charge in [-0.05, 0) is 6.42 Å². The molecule has 0 radical (unpaired) electrons. The molecule has 1 unspecified atom stereocenters. The fourth-order valence-electron chi connectivity index (χ4n) is 2.56. The Hall–Kier alpha value is -0.400. The molecule has 2 N–H and O–H groups in total. The number of hydrogen-bond acceptors (Lipinski definition) is 6. The first-order valence-electron chi connectivity index (χ1n) is 5.89. The minimum atomic E-state index is 0. The predicted molar refractivity (Wildman–Crippen MR) is 73.2 cm³/mol. The van der Waals surface area contributed by atoms with Crippen LogP contribution in [0.25, 0.3) is 0 Å². The zero-order valence-electron chi connectivity index (χ0n) is 10.1. The van der Waals surface area contributed by atoms with Gasteiger partial charge in [0.1, 0.15) is 0 Å². The van der Waals surface area contributed by atoms with Crippen molar-refractivity contribution < 1.29 is 9.47 Å². The van der Waals surface area contributed by atoms with Gasteiger partial charge in [0.15, 0.2) is 5.13 Å². The molecule has 102 valence electrons. The molecule has 1 spiro atoms. The Balaban J connectivity index is 0.00000120. The fourth-order valence-corrected chi connectivity index (χ4v) is 3.26. The van der Waals surface area contributed by atoms with Gasteiger partial charge >= 0.3 is 0 Å². The van der Waals surface area contributed by atoms with Crippen LogP contribution in [0.4, 0.5) is 5.13 Å². The first-order chi connectivity index (χ1) is 8.28. The zero-order chi connectivity index (χ0) is 11.7. The van der Waals surface area contributed by atoms with Crippen molar-refractivity contribution in [3.8, 4) is 0 Å². The summed E-state index contributed by atoms with van der Waals surface area (Å²) in [4.78, 5) is 7.79. The second-order valence-electron chi connectivity index (χ2n) is 4.67. The van der Waals surface area contributed by atoms with Crippen molar-refractivity contribution in [1.82, 2.24) is 9.88 Å². The molecular weight excluding hydrogens is 274 g/mol. The first-order valence-corrected chi connectivity index (χ1v) is 6.71. The Morgan fingerprint density at radius 1 is 1.39 bits per heavy atom. The summed E-state index contributed by atoms with van der Waals surface area (Å²) in [6.45, 7) is 5.06. The van der Waals surface area contributed by atoms with Crippen LogP contribution < -0.4 is 5.73 Å². The molecular formula is C11H18ClN3O2S. The van der Waals surface area contributed by atoms with Gasteiger partial charge in [-0.1, -0.05) is 0 Å². The lowest BCUT2D eigenvalue weighted by Crippen LogP contribution is -2.56. The van der Waals surface area contributed by atoms with E-state index >= 15 is 0 Å². The highest BCUT2D eigenvalue weighted by Gasteiger charge is 2.43. The van der Waals surface area contributed by atoms with E-state index in [1.54, 1.807) is 11.3 Å². The standard InChI is InChI=1S/C11H17N3O2S.ClH/c12-10-13-5-9(17-10)6-14-2-4-16-8-11(14)1-3-15-7-11;/h5H,1-4,6-8H2,(H2,12,13);1H.